The molecule has 31 heavy (non-hydrogen) atoms. The highest BCUT2D eigenvalue weighted by molar-refractivity contribution is 6.11. The van der Waals surface area contributed by atoms with Gasteiger partial charge >= 0.3 is 0 Å². The molecule has 0 atom stereocenters. The molecule has 0 aliphatic carbocycles. The van der Waals surface area contributed by atoms with E-state index in [1.165, 1.54) is 5.12 Å². The number of anilines is 2. The van der Waals surface area contributed by atoms with E-state index in [0.717, 1.165) is 43.5 Å². The number of amidine groups is 1. The first-order valence-corrected chi connectivity index (χ1v) is 10.1. The minimum atomic E-state index is -0.280. The number of hydrazone groups is 1. The number of nitrogens with one attached hydrogen (secondary N) is 2. The van der Waals surface area contributed by atoms with Crippen molar-refractivity contribution >= 4 is 35.2 Å². The highest BCUT2D eigenvalue weighted by Crippen LogP contribution is 2.39. The van der Waals surface area contributed by atoms with Crippen molar-refractivity contribution in [3.8, 4) is 0 Å². The number of hydrazine groups is 1. The van der Waals surface area contributed by atoms with Crippen molar-refractivity contribution < 1.29 is 9.53 Å². The smallest absolute Gasteiger partial charge is 0.258 e. The summed E-state index contributed by atoms with van der Waals surface area (Å²) in [6.07, 6.45) is 6.68. The number of fused-ring (bicyclic) bond motifs is 1. The fourth-order valence-electron chi connectivity index (χ4n) is 3.79. The van der Waals surface area contributed by atoms with Gasteiger partial charge in [-0.3, -0.25) is 15.2 Å². The first kappa shape index (κ1) is 19.3. The van der Waals surface area contributed by atoms with Gasteiger partial charge in [0.25, 0.3) is 5.91 Å². The maximum absolute atomic E-state index is 12.7. The topological polar surface area (TPSA) is 94.5 Å². The van der Waals surface area contributed by atoms with Crippen molar-refractivity contribution in [3.05, 3.63) is 60.3 Å². The Labute approximate surface area is 180 Å². The monoisotopic (exact) mass is 417 g/mol. The predicted molar refractivity (Wildman–Crippen MR) is 120 cm³/mol. The van der Waals surface area contributed by atoms with Crippen molar-refractivity contribution in [1.82, 2.24) is 15.4 Å². The van der Waals surface area contributed by atoms with Gasteiger partial charge in [0.2, 0.25) is 0 Å². The molecular formula is C22H23N7O2. The summed E-state index contributed by atoms with van der Waals surface area (Å²) in [5.74, 6) is 0.978. The van der Waals surface area contributed by atoms with Crippen molar-refractivity contribution in [2.24, 2.45) is 15.5 Å². The average molecular weight is 417 g/mol. The fraction of sp³-hybridized carbons (Fsp3) is 0.273. The molecule has 0 saturated carbocycles. The lowest BCUT2D eigenvalue weighted by atomic mass is 9.78. The molecule has 5 rings (SSSR count). The highest BCUT2D eigenvalue weighted by Gasteiger charge is 2.49. The first-order valence-electron chi connectivity index (χ1n) is 10.1. The number of allylic oxidation sites excluding steroid dienone is 1. The van der Waals surface area contributed by atoms with Gasteiger partial charge in [-0.15, -0.1) is 5.10 Å². The molecule has 4 heterocycles. The van der Waals surface area contributed by atoms with Crippen LogP contribution in [0.15, 0.2) is 64.8 Å². The Kier molecular flexibility index (Phi) is 4.87. The van der Waals surface area contributed by atoms with Gasteiger partial charge in [-0.25, -0.2) is 10.1 Å². The minimum Gasteiger partial charge on any atom is -0.380 e. The molecule has 1 amide bonds. The van der Waals surface area contributed by atoms with Crippen LogP contribution in [0.4, 0.5) is 17.2 Å². The van der Waals surface area contributed by atoms with Crippen LogP contribution in [-0.4, -0.2) is 61.4 Å². The molecule has 9 nitrogen and oxygen atoms in total. The van der Waals surface area contributed by atoms with Crippen LogP contribution in [0.5, 0.6) is 0 Å². The van der Waals surface area contributed by atoms with E-state index in [9.17, 15) is 4.79 Å². The number of hydrogen-bond acceptors (Lipinski definition) is 8. The molecular weight excluding hydrogens is 394 g/mol. The summed E-state index contributed by atoms with van der Waals surface area (Å²) in [5.41, 5.74) is 5.54. The zero-order chi connectivity index (χ0) is 21.3. The van der Waals surface area contributed by atoms with Gasteiger partial charge in [-0.1, -0.05) is 12.1 Å². The molecule has 3 aliphatic heterocycles. The number of rotatable bonds is 2. The van der Waals surface area contributed by atoms with Crippen molar-refractivity contribution in [2.45, 2.75) is 0 Å². The quantitative estimate of drug-likeness (QED) is 0.778. The van der Waals surface area contributed by atoms with E-state index < -0.39 is 0 Å². The summed E-state index contributed by atoms with van der Waals surface area (Å²) in [4.78, 5) is 23.8. The second-order valence-electron chi connectivity index (χ2n) is 7.98. The molecule has 1 aromatic carbocycles. The summed E-state index contributed by atoms with van der Waals surface area (Å²) in [7, 11) is 1.76. The number of benzene rings is 1. The largest absolute Gasteiger partial charge is 0.380 e. The second kappa shape index (κ2) is 7.84. The number of aromatic nitrogens is 1. The van der Waals surface area contributed by atoms with Crippen LogP contribution in [0.2, 0.25) is 0 Å². The van der Waals surface area contributed by atoms with Crippen LogP contribution in [0, 0.1) is 5.41 Å². The maximum atomic E-state index is 12.7. The third-order valence-corrected chi connectivity index (χ3v) is 5.44. The fourth-order valence-corrected chi connectivity index (χ4v) is 3.79. The molecule has 0 radical (unpaired) electrons. The SMILES string of the molecule is CN1/N=C(NC(=O)c2ccc(N3CC4(COC4)C3)nc2)\C=C\C=Nc2ccccc2N1. The molecule has 1 aromatic heterocycles. The van der Waals surface area contributed by atoms with Crippen LogP contribution in [0.25, 0.3) is 0 Å². The normalized spacial score (nSPS) is 21.6. The van der Waals surface area contributed by atoms with Gasteiger partial charge in [0.1, 0.15) is 5.82 Å². The number of nitrogens with zero attached hydrogens (tertiary/aromatic N) is 5. The first-order chi connectivity index (χ1) is 15.1. The molecule has 2 N–H and O–H groups in total. The molecule has 9 heteroatoms. The number of para-hydroxylation sites is 2. The summed E-state index contributed by atoms with van der Waals surface area (Å²) >= 11 is 0. The Balaban J connectivity index is 1.25. The van der Waals surface area contributed by atoms with Crippen LogP contribution in [0.3, 0.4) is 0 Å². The molecule has 2 aromatic rings. The Morgan fingerprint density at radius 1 is 1.19 bits per heavy atom. The van der Waals surface area contributed by atoms with E-state index in [-0.39, 0.29) is 5.91 Å². The van der Waals surface area contributed by atoms with Crippen molar-refractivity contribution in [1.29, 1.82) is 0 Å². The maximum Gasteiger partial charge on any atom is 0.258 e. The van der Waals surface area contributed by atoms with Gasteiger partial charge in [0.05, 0.1) is 35.6 Å². The number of carbonyl (C=O) groups excluding carboxylic acids is 1. The van der Waals surface area contributed by atoms with Crippen LogP contribution < -0.4 is 15.6 Å². The lowest BCUT2D eigenvalue weighted by Crippen LogP contribution is -2.66. The second-order valence-corrected chi connectivity index (χ2v) is 7.98. The molecule has 1 spiro atoms. The summed E-state index contributed by atoms with van der Waals surface area (Å²) < 4.78 is 5.31. The van der Waals surface area contributed by atoms with Crippen LogP contribution >= 0.6 is 0 Å². The average Bonchev–Trinajstić information content (AvgIpc) is 2.70. The van der Waals surface area contributed by atoms with Gasteiger partial charge in [0.15, 0.2) is 5.84 Å². The van der Waals surface area contributed by atoms with E-state index in [2.05, 4.69) is 30.7 Å². The van der Waals surface area contributed by atoms with E-state index in [1.807, 2.05) is 30.3 Å². The standard InChI is InChI=1S/C22H23N7O2/c1-28-26-18-6-3-2-5-17(18)23-10-4-7-19(27-28)25-21(30)16-8-9-20(24-11-16)29-12-22(13-29)14-31-15-22/h2-11,26H,12-15H2,1H3,(H,25,27,30)/b7-4+,23-10?. The lowest BCUT2D eigenvalue weighted by molar-refractivity contribution is -0.127. The van der Waals surface area contributed by atoms with Crippen molar-refractivity contribution in [3.63, 3.8) is 0 Å². The van der Waals surface area contributed by atoms with E-state index in [0.29, 0.717) is 16.8 Å². The number of aliphatic imine (C=N–C) groups is 1. The van der Waals surface area contributed by atoms with Gasteiger partial charge in [-0.2, -0.15) is 0 Å². The third-order valence-electron chi connectivity index (χ3n) is 5.44. The van der Waals surface area contributed by atoms with Gasteiger partial charge in [0, 0.05) is 32.5 Å². The molecule has 2 saturated heterocycles. The Bertz CT molecular complexity index is 1070. The number of amides is 1. The Hall–Kier alpha value is -3.72. The predicted octanol–water partition coefficient (Wildman–Crippen LogP) is 2.19. The number of carbonyl (C=O) groups is 1. The van der Waals surface area contributed by atoms with Crippen LogP contribution in [-0.2, 0) is 4.74 Å². The molecule has 0 bridgehead atoms. The zero-order valence-corrected chi connectivity index (χ0v) is 17.2. The van der Waals surface area contributed by atoms with E-state index in [1.54, 1.807) is 37.7 Å². The molecule has 3 aliphatic rings. The van der Waals surface area contributed by atoms with E-state index in [4.69, 9.17) is 4.74 Å². The Morgan fingerprint density at radius 3 is 2.77 bits per heavy atom. The van der Waals surface area contributed by atoms with E-state index >= 15 is 0 Å². The number of pyridine rings is 1. The zero-order valence-electron chi connectivity index (χ0n) is 17.2. The molecule has 2 fully saturated rings. The van der Waals surface area contributed by atoms with Gasteiger partial charge < -0.3 is 15.0 Å². The highest BCUT2D eigenvalue weighted by atomic mass is 16.5. The van der Waals surface area contributed by atoms with Crippen LogP contribution in [0.1, 0.15) is 10.4 Å². The van der Waals surface area contributed by atoms with Gasteiger partial charge in [-0.05, 0) is 36.4 Å². The van der Waals surface area contributed by atoms with Crippen molar-refractivity contribution in [2.75, 3.05) is 43.7 Å². The number of hydrogen-bond donors (Lipinski definition) is 2. The molecule has 158 valence electrons. The molecule has 0 unspecified atom stereocenters. The lowest BCUT2D eigenvalue weighted by Gasteiger charge is -2.55. The Morgan fingerprint density at radius 2 is 2.03 bits per heavy atom. The summed E-state index contributed by atoms with van der Waals surface area (Å²) in [5, 5.41) is 8.78. The summed E-state index contributed by atoms with van der Waals surface area (Å²) in [6, 6.07) is 11.3. The third kappa shape index (κ3) is 3.99. The summed E-state index contributed by atoms with van der Waals surface area (Å²) in [6.45, 7) is 3.58. The number of ether oxygens (including phenoxy) is 1. The minimum absolute atomic E-state index is 0.280.